The summed E-state index contributed by atoms with van der Waals surface area (Å²) in [6.45, 7) is 0. The van der Waals surface area contributed by atoms with Gasteiger partial charge in [0.15, 0.2) is 0 Å². The summed E-state index contributed by atoms with van der Waals surface area (Å²) in [5.41, 5.74) is 2.31. The summed E-state index contributed by atoms with van der Waals surface area (Å²) in [6.07, 6.45) is 3.24. The van der Waals surface area contributed by atoms with E-state index in [1.165, 1.54) is 10.3 Å². The van der Waals surface area contributed by atoms with Crippen LogP contribution in [0.1, 0.15) is 32.1 Å². The van der Waals surface area contributed by atoms with Crippen molar-refractivity contribution in [2.45, 2.75) is 0 Å². The molecule has 168 valence electrons. The van der Waals surface area contributed by atoms with Gasteiger partial charge in [-0.1, -0.05) is 97.2 Å². The van der Waals surface area contributed by atoms with Crippen LogP contribution in [-0.2, 0) is 19.5 Å². The molecule has 0 bridgehead atoms. The van der Waals surface area contributed by atoms with Crippen molar-refractivity contribution in [2.75, 3.05) is 0 Å². The number of aromatic nitrogens is 2. The van der Waals surface area contributed by atoms with Crippen molar-refractivity contribution in [2.24, 2.45) is 0 Å². The average Bonchev–Trinajstić information content (AvgIpc) is 2.91. The maximum absolute atomic E-state index is 11.8. The molecular weight excluding hydrogens is 530 g/mol. The van der Waals surface area contributed by atoms with Gasteiger partial charge in [0.25, 0.3) is 0 Å². The van der Waals surface area contributed by atoms with E-state index in [1.807, 2.05) is 48.5 Å². The number of ketones is 2. The van der Waals surface area contributed by atoms with Gasteiger partial charge in [0.05, 0.1) is 0 Å². The van der Waals surface area contributed by atoms with Gasteiger partial charge in [-0.25, -0.2) is 0 Å². The molecule has 9 heteroatoms. The van der Waals surface area contributed by atoms with Crippen LogP contribution >= 0.6 is 24.4 Å². The topological polar surface area (TPSA) is 105 Å². The maximum Gasteiger partial charge on any atom is 2.00 e. The van der Waals surface area contributed by atoms with Gasteiger partial charge in [0.2, 0.25) is 11.6 Å². The third kappa shape index (κ3) is 12.4. The second kappa shape index (κ2) is 19.7. The minimum Gasteiger partial charge on any atom is -0.753 e. The molecular formula is C26H18N4O2S2Zn. The Morgan fingerprint density at radius 1 is 0.571 bits per heavy atom. The van der Waals surface area contributed by atoms with Gasteiger partial charge in [0.1, 0.15) is 11.4 Å². The molecule has 0 saturated heterocycles. The predicted octanol–water partition coefficient (Wildman–Crippen LogP) is 5.94. The fourth-order valence-electron chi connectivity index (χ4n) is 2.47. The molecule has 0 radical (unpaired) electrons. The SMILES string of the molecule is O=C(c1ccccc1)c1ccccn1.O=C(c1ccccc1)c1ccccn1.[N-]=C=S.[N-]=C=S.[Zn+2]. The van der Waals surface area contributed by atoms with Gasteiger partial charge in [-0.15, -0.1) is 0 Å². The van der Waals surface area contributed by atoms with E-state index in [1.54, 1.807) is 60.9 Å². The van der Waals surface area contributed by atoms with Crippen LogP contribution in [0.3, 0.4) is 0 Å². The summed E-state index contributed by atoms with van der Waals surface area (Å²) < 4.78 is 0. The number of carbonyl (C=O) groups excluding carboxylic acids is 2. The van der Waals surface area contributed by atoms with E-state index in [4.69, 9.17) is 10.8 Å². The maximum atomic E-state index is 11.8. The zero-order valence-electron chi connectivity index (χ0n) is 18.5. The standard InChI is InChI=1S/2C12H9NO.2CNS.Zn/c2*14-12(10-6-2-1-3-7-10)11-8-4-5-9-13-11;2*2-1-3;/h2*1-9H;;;/q;;2*-1;+2. The molecule has 0 amide bonds. The largest absolute Gasteiger partial charge is 2.00 e. The monoisotopic (exact) mass is 546 g/mol. The Kier molecular flexibility index (Phi) is 17.7. The summed E-state index contributed by atoms with van der Waals surface area (Å²) in [6, 6.07) is 28.9. The first kappa shape index (κ1) is 31.3. The van der Waals surface area contributed by atoms with Crippen LogP contribution in [-0.4, -0.2) is 31.9 Å². The summed E-state index contributed by atoms with van der Waals surface area (Å²) in [5, 5.41) is 16.9. The molecule has 35 heavy (non-hydrogen) atoms. The van der Waals surface area contributed by atoms with Crippen molar-refractivity contribution in [3.63, 3.8) is 0 Å². The van der Waals surface area contributed by atoms with Crippen molar-refractivity contribution in [1.82, 2.24) is 9.97 Å². The van der Waals surface area contributed by atoms with Crippen LogP contribution in [0.25, 0.3) is 10.8 Å². The smallest absolute Gasteiger partial charge is 0.753 e. The van der Waals surface area contributed by atoms with Crippen molar-refractivity contribution < 1.29 is 29.1 Å². The molecule has 2 aromatic heterocycles. The summed E-state index contributed by atoms with van der Waals surface area (Å²) in [5.74, 6) is -0.0719. The fourth-order valence-corrected chi connectivity index (χ4v) is 2.47. The summed E-state index contributed by atoms with van der Waals surface area (Å²) in [7, 11) is 0. The quantitative estimate of drug-likeness (QED) is 0.135. The zero-order chi connectivity index (χ0) is 25.0. The second-order valence-electron chi connectivity index (χ2n) is 6.00. The molecule has 4 rings (SSSR count). The molecule has 0 fully saturated rings. The predicted molar refractivity (Wildman–Crippen MR) is 140 cm³/mol. The molecule has 0 atom stereocenters. The minimum atomic E-state index is -0.0359. The van der Waals surface area contributed by atoms with Crippen molar-refractivity contribution in [3.8, 4) is 0 Å². The van der Waals surface area contributed by atoms with Gasteiger partial charge in [-0.3, -0.25) is 19.6 Å². The van der Waals surface area contributed by atoms with Crippen LogP contribution in [0.15, 0.2) is 109 Å². The van der Waals surface area contributed by atoms with Gasteiger partial charge < -0.3 is 10.8 Å². The molecule has 2 heterocycles. The Hall–Kier alpha value is -3.70. The molecule has 0 saturated carbocycles. The van der Waals surface area contributed by atoms with Crippen LogP contribution in [0, 0.1) is 0 Å². The van der Waals surface area contributed by atoms with Crippen LogP contribution in [0.5, 0.6) is 0 Å². The number of hydrogen-bond donors (Lipinski definition) is 0. The van der Waals surface area contributed by atoms with E-state index in [2.05, 4.69) is 34.4 Å². The zero-order valence-corrected chi connectivity index (χ0v) is 23.1. The molecule has 6 nitrogen and oxygen atoms in total. The molecule has 0 N–H and O–H groups in total. The van der Waals surface area contributed by atoms with Gasteiger partial charge in [-0.05, 0) is 24.3 Å². The van der Waals surface area contributed by atoms with Gasteiger partial charge in [0, 0.05) is 23.5 Å². The van der Waals surface area contributed by atoms with E-state index < -0.39 is 0 Å². The third-order valence-electron chi connectivity index (χ3n) is 3.87. The van der Waals surface area contributed by atoms with Crippen LogP contribution < -0.4 is 0 Å². The Bertz CT molecular complexity index is 1030. The summed E-state index contributed by atoms with van der Waals surface area (Å²) >= 11 is 7.40. The Balaban J connectivity index is 0.000000528. The molecule has 0 spiro atoms. The van der Waals surface area contributed by atoms with Gasteiger partial charge in [-0.2, -0.15) is 10.3 Å². The van der Waals surface area contributed by atoms with Crippen molar-refractivity contribution in [1.29, 1.82) is 0 Å². The Labute approximate surface area is 227 Å². The first-order chi connectivity index (χ1) is 16.6. The van der Waals surface area contributed by atoms with Gasteiger partial charge >= 0.3 is 19.5 Å². The summed E-state index contributed by atoms with van der Waals surface area (Å²) in [4.78, 5) is 31.6. The van der Waals surface area contributed by atoms with E-state index in [-0.39, 0.29) is 31.0 Å². The number of thiocarbonyl (C=S) groups is 2. The fraction of sp³-hybridized carbons (Fsp3) is 0. The Morgan fingerprint density at radius 2 is 0.857 bits per heavy atom. The number of pyridine rings is 2. The van der Waals surface area contributed by atoms with Crippen LogP contribution in [0.2, 0.25) is 0 Å². The first-order valence-electron chi connectivity index (χ1n) is 9.63. The second-order valence-corrected chi connectivity index (χ2v) is 6.37. The molecule has 2 aromatic carbocycles. The van der Waals surface area contributed by atoms with Crippen molar-refractivity contribution >= 4 is 46.3 Å². The number of carbonyl (C=O) groups is 2. The molecule has 0 aliphatic carbocycles. The number of nitrogens with zero attached hydrogens (tertiary/aromatic N) is 4. The minimum absolute atomic E-state index is 0. The van der Waals surface area contributed by atoms with E-state index in [0.29, 0.717) is 22.5 Å². The molecule has 0 aliphatic rings. The normalized spacial score (nSPS) is 8.23. The van der Waals surface area contributed by atoms with E-state index in [9.17, 15) is 9.59 Å². The number of isothiocyanates is 2. The third-order valence-corrected chi connectivity index (χ3v) is 3.87. The van der Waals surface area contributed by atoms with E-state index in [0.717, 1.165) is 0 Å². The van der Waals surface area contributed by atoms with E-state index >= 15 is 0 Å². The number of hydrogen-bond acceptors (Lipinski definition) is 6. The average molecular weight is 548 g/mol. The first-order valence-corrected chi connectivity index (χ1v) is 10.4. The molecule has 4 aromatic rings. The van der Waals surface area contributed by atoms with Crippen molar-refractivity contribution in [3.05, 3.63) is 143 Å². The van der Waals surface area contributed by atoms with Crippen LogP contribution in [0.4, 0.5) is 0 Å². The molecule has 0 unspecified atom stereocenters. The Morgan fingerprint density at radius 3 is 1.11 bits per heavy atom. The number of benzene rings is 2. The number of rotatable bonds is 4. The molecule has 0 aliphatic heterocycles.